The summed E-state index contributed by atoms with van der Waals surface area (Å²) >= 11 is 0. The average molecular weight is 526 g/mol. The zero-order chi connectivity index (χ0) is 27.6. The van der Waals surface area contributed by atoms with Crippen LogP contribution in [0.1, 0.15) is 69.2 Å². The van der Waals surface area contributed by atoms with Crippen molar-refractivity contribution in [1.29, 1.82) is 5.26 Å². The number of amides is 2. The minimum atomic E-state index is -1.54. The van der Waals surface area contributed by atoms with Crippen LogP contribution in [0.2, 0.25) is 0 Å². The van der Waals surface area contributed by atoms with Crippen LogP contribution in [-0.4, -0.2) is 47.9 Å². The first-order valence-electron chi connectivity index (χ1n) is 13.5. The molecule has 2 saturated heterocycles. The second-order valence-corrected chi connectivity index (χ2v) is 10.3. The lowest BCUT2D eigenvalue weighted by molar-refractivity contribution is 0.0421. The van der Waals surface area contributed by atoms with Crippen molar-refractivity contribution >= 4 is 23.3 Å². The summed E-state index contributed by atoms with van der Waals surface area (Å²) in [6, 6.07) is 15.9. The maximum atomic E-state index is 15.7. The Kier molecular flexibility index (Phi) is 7.34. The predicted octanol–water partition coefficient (Wildman–Crippen LogP) is 5.39. The smallest absolute Gasteiger partial charge is 0.257 e. The van der Waals surface area contributed by atoms with Crippen LogP contribution in [0.15, 0.2) is 54.7 Å². The highest BCUT2D eigenvalue weighted by molar-refractivity contribution is 6.05. The summed E-state index contributed by atoms with van der Waals surface area (Å²) in [5, 5.41) is 12.0. The van der Waals surface area contributed by atoms with Gasteiger partial charge >= 0.3 is 0 Å². The average Bonchev–Trinajstić information content (AvgIpc) is 2.93. The number of nitrogens with one attached hydrogen (secondary N) is 1. The number of piperidine rings is 1. The maximum Gasteiger partial charge on any atom is 0.257 e. The van der Waals surface area contributed by atoms with Crippen LogP contribution < -0.4 is 10.2 Å². The van der Waals surface area contributed by atoms with E-state index in [2.05, 4.69) is 21.3 Å². The second kappa shape index (κ2) is 10.9. The van der Waals surface area contributed by atoms with E-state index in [1.54, 1.807) is 47.5 Å². The van der Waals surface area contributed by atoms with Crippen LogP contribution in [0.4, 0.5) is 15.9 Å². The van der Waals surface area contributed by atoms with Crippen LogP contribution in [0.5, 0.6) is 0 Å². The largest absolute Gasteiger partial charge is 0.356 e. The number of aromatic nitrogens is 1. The molecule has 5 rings (SSSR count). The lowest BCUT2D eigenvalue weighted by atomic mass is 9.85. The Labute approximate surface area is 228 Å². The molecule has 2 amide bonds. The first-order chi connectivity index (χ1) is 18.8. The Morgan fingerprint density at radius 3 is 2.36 bits per heavy atom. The fourth-order valence-electron chi connectivity index (χ4n) is 5.22. The molecule has 0 unspecified atom stereocenters. The highest BCUT2D eigenvalue weighted by atomic mass is 19.1. The third-order valence-corrected chi connectivity index (χ3v) is 7.87. The van der Waals surface area contributed by atoms with E-state index < -0.39 is 5.67 Å². The molecule has 3 heterocycles. The molecule has 8 heteroatoms. The standard InChI is InChI=1S/C31H32FN5O2/c1-3-23-17-21(2)26(18-27(23)35-29(38)24-7-10-28(34-20-24)36-13-4-14-36)30(39)37-15-11-31(32,12-16-37)25-8-5-22(19-33)6-9-25/h5-10,17-18,20H,3-4,11-16H2,1-2H3,(H,35,38). The second-order valence-electron chi connectivity index (χ2n) is 10.3. The number of nitrogens with zero attached hydrogens (tertiary/aromatic N) is 4. The number of alkyl halides is 1. The van der Waals surface area contributed by atoms with Gasteiger partial charge in [-0.2, -0.15) is 5.26 Å². The van der Waals surface area contributed by atoms with Gasteiger partial charge in [0.25, 0.3) is 11.8 Å². The van der Waals surface area contributed by atoms with Crippen molar-refractivity contribution in [3.63, 3.8) is 0 Å². The van der Waals surface area contributed by atoms with E-state index in [1.165, 1.54) is 0 Å². The minimum absolute atomic E-state index is 0.173. The van der Waals surface area contributed by atoms with Crippen LogP contribution in [0.3, 0.4) is 0 Å². The van der Waals surface area contributed by atoms with E-state index in [0.717, 1.165) is 36.5 Å². The van der Waals surface area contributed by atoms with Gasteiger partial charge in [0.15, 0.2) is 0 Å². The number of halogens is 1. The van der Waals surface area contributed by atoms with Gasteiger partial charge < -0.3 is 15.1 Å². The normalized spacial score (nSPS) is 16.3. The number of hydrogen-bond donors (Lipinski definition) is 1. The molecule has 2 aliphatic rings. The van der Waals surface area contributed by atoms with Crippen molar-refractivity contribution in [3.8, 4) is 6.07 Å². The van der Waals surface area contributed by atoms with Crippen LogP contribution >= 0.6 is 0 Å². The first kappa shape index (κ1) is 26.4. The third kappa shape index (κ3) is 5.35. The molecule has 39 heavy (non-hydrogen) atoms. The molecule has 7 nitrogen and oxygen atoms in total. The molecular weight excluding hydrogens is 493 g/mol. The Morgan fingerprint density at radius 1 is 1.08 bits per heavy atom. The monoisotopic (exact) mass is 525 g/mol. The molecule has 0 spiro atoms. The van der Waals surface area contributed by atoms with Crippen molar-refractivity contribution in [2.75, 3.05) is 36.4 Å². The number of nitriles is 1. The zero-order valence-electron chi connectivity index (χ0n) is 22.3. The molecule has 0 atom stereocenters. The Balaban J connectivity index is 1.30. The molecule has 200 valence electrons. The number of aryl methyl sites for hydroxylation is 2. The number of carbonyl (C=O) groups is 2. The van der Waals surface area contributed by atoms with E-state index >= 15 is 4.39 Å². The SMILES string of the molecule is CCc1cc(C)c(C(=O)N2CCC(F)(c3ccc(C#N)cc3)CC2)cc1NC(=O)c1ccc(N2CCC2)nc1. The number of anilines is 2. The molecule has 0 saturated carbocycles. The summed E-state index contributed by atoms with van der Waals surface area (Å²) in [6.45, 7) is 6.41. The molecule has 1 N–H and O–H groups in total. The van der Waals surface area contributed by atoms with Gasteiger partial charge in [-0.25, -0.2) is 9.37 Å². The molecule has 0 bridgehead atoms. The number of likely N-dealkylation sites (tertiary alicyclic amines) is 1. The summed E-state index contributed by atoms with van der Waals surface area (Å²) < 4.78 is 15.7. The quantitative estimate of drug-likeness (QED) is 0.466. The van der Waals surface area contributed by atoms with Crippen molar-refractivity contribution < 1.29 is 14.0 Å². The predicted molar refractivity (Wildman–Crippen MR) is 149 cm³/mol. The topological polar surface area (TPSA) is 89.3 Å². The summed E-state index contributed by atoms with van der Waals surface area (Å²) in [5.41, 5.74) is 2.79. The summed E-state index contributed by atoms with van der Waals surface area (Å²) in [4.78, 5) is 34.8. The zero-order valence-corrected chi connectivity index (χ0v) is 22.3. The van der Waals surface area contributed by atoms with Crippen LogP contribution in [-0.2, 0) is 12.1 Å². The van der Waals surface area contributed by atoms with Gasteiger partial charge in [0.1, 0.15) is 11.5 Å². The Bertz CT molecular complexity index is 1420. The summed E-state index contributed by atoms with van der Waals surface area (Å²) in [6.07, 6.45) is 3.79. The fourth-order valence-corrected chi connectivity index (χ4v) is 5.22. The van der Waals surface area contributed by atoms with Gasteiger partial charge in [0, 0.05) is 56.5 Å². The summed E-state index contributed by atoms with van der Waals surface area (Å²) in [7, 11) is 0. The van der Waals surface area contributed by atoms with E-state index in [1.807, 2.05) is 26.0 Å². The van der Waals surface area contributed by atoms with Gasteiger partial charge in [-0.05, 0) is 66.8 Å². The third-order valence-electron chi connectivity index (χ3n) is 7.87. The van der Waals surface area contributed by atoms with Crippen molar-refractivity contribution in [2.24, 2.45) is 0 Å². The fraction of sp³-hybridized carbons (Fsp3) is 0.355. The maximum absolute atomic E-state index is 15.7. The molecule has 3 aromatic rings. The number of hydrogen-bond acceptors (Lipinski definition) is 5. The van der Waals surface area contributed by atoms with E-state index in [0.29, 0.717) is 34.4 Å². The molecule has 2 aromatic carbocycles. The Morgan fingerprint density at radius 2 is 1.79 bits per heavy atom. The van der Waals surface area contributed by atoms with Gasteiger partial charge in [0.05, 0.1) is 17.2 Å². The van der Waals surface area contributed by atoms with Crippen molar-refractivity contribution in [1.82, 2.24) is 9.88 Å². The number of pyridine rings is 1. The minimum Gasteiger partial charge on any atom is -0.356 e. The van der Waals surface area contributed by atoms with Crippen molar-refractivity contribution in [3.05, 3.63) is 88.1 Å². The first-order valence-corrected chi connectivity index (χ1v) is 13.5. The van der Waals surface area contributed by atoms with Gasteiger partial charge in [-0.15, -0.1) is 0 Å². The van der Waals surface area contributed by atoms with E-state index in [-0.39, 0.29) is 37.7 Å². The van der Waals surface area contributed by atoms with Gasteiger partial charge in [-0.1, -0.05) is 25.1 Å². The highest BCUT2D eigenvalue weighted by Crippen LogP contribution is 2.38. The van der Waals surface area contributed by atoms with Crippen molar-refractivity contribution in [2.45, 2.75) is 45.2 Å². The summed E-state index contributed by atoms with van der Waals surface area (Å²) in [5.74, 6) is 0.415. The van der Waals surface area contributed by atoms with E-state index in [9.17, 15) is 9.59 Å². The Hall–Kier alpha value is -4.25. The number of carbonyl (C=O) groups excluding carboxylic acids is 2. The highest BCUT2D eigenvalue weighted by Gasteiger charge is 2.38. The van der Waals surface area contributed by atoms with Crippen LogP contribution in [0.25, 0.3) is 0 Å². The number of rotatable bonds is 6. The molecule has 0 aliphatic carbocycles. The molecular formula is C31H32FN5O2. The van der Waals surface area contributed by atoms with Crippen LogP contribution in [0, 0.1) is 18.3 Å². The lowest BCUT2D eigenvalue weighted by Crippen LogP contribution is -2.43. The number of benzene rings is 2. The van der Waals surface area contributed by atoms with E-state index in [4.69, 9.17) is 5.26 Å². The van der Waals surface area contributed by atoms with Gasteiger partial charge in [-0.3, -0.25) is 9.59 Å². The molecule has 1 aromatic heterocycles. The lowest BCUT2D eigenvalue weighted by Gasteiger charge is -2.37. The molecule has 2 aliphatic heterocycles. The molecule has 0 radical (unpaired) electrons. The van der Waals surface area contributed by atoms with Gasteiger partial charge in [0.2, 0.25) is 0 Å². The molecule has 2 fully saturated rings.